The first-order valence-corrected chi connectivity index (χ1v) is 5.69. The summed E-state index contributed by atoms with van der Waals surface area (Å²) in [6.07, 6.45) is 3.55. The molecule has 3 nitrogen and oxygen atoms in total. The third-order valence-electron chi connectivity index (χ3n) is 2.71. The Morgan fingerprint density at radius 2 is 2.06 bits per heavy atom. The maximum atomic E-state index is 6.23. The lowest BCUT2D eigenvalue weighted by atomic mass is 10.2. The molecule has 1 N–H and O–H groups in total. The number of halogens is 1. The number of nitrogens with one attached hydrogen (secondary N) is 1. The number of nitrogens with zero attached hydrogens (tertiary/aromatic N) is 2. The van der Waals surface area contributed by atoms with Crippen LogP contribution in [0.15, 0.2) is 35.5 Å². The third-order valence-corrected chi connectivity index (χ3v) is 3.19. The van der Waals surface area contributed by atoms with Gasteiger partial charge < -0.3 is 5.32 Å². The fourth-order valence-electron chi connectivity index (χ4n) is 1.76. The van der Waals surface area contributed by atoms with Crippen molar-refractivity contribution in [3.05, 3.63) is 46.6 Å². The quantitative estimate of drug-likeness (QED) is 0.651. The van der Waals surface area contributed by atoms with Crippen LogP contribution in [-0.4, -0.2) is 11.2 Å². The van der Waals surface area contributed by atoms with E-state index in [1.54, 1.807) is 12.4 Å². The molecule has 0 fully saturated rings. The van der Waals surface area contributed by atoms with Gasteiger partial charge in [0.15, 0.2) is 5.82 Å². The van der Waals surface area contributed by atoms with Gasteiger partial charge in [-0.05, 0) is 18.6 Å². The molecule has 1 aliphatic heterocycles. The molecule has 84 valence electrons. The normalized spacial score (nSPS) is 12.4. The van der Waals surface area contributed by atoms with Crippen LogP contribution < -0.4 is 5.32 Å². The Bertz CT molecular complexity index is 620. The molecule has 0 saturated carbocycles. The SMILES string of the molecule is Cc1cnc2c(c1Cl)N=Cc1ccccc1N2. The molecule has 2 heterocycles. The van der Waals surface area contributed by atoms with Crippen molar-refractivity contribution in [2.75, 3.05) is 5.32 Å². The van der Waals surface area contributed by atoms with Crippen LogP contribution in [0, 0.1) is 6.92 Å². The third kappa shape index (κ3) is 1.68. The summed E-state index contributed by atoms with van der Waals surface area (Å²) in [5, 5.41) is 3.90. The van der Waals surface area contributed by atoms with E-state index in [1.807, 2.05) is 31.2 Å². The van der Waals surface area contributed by atoms with Crippen LogP contribution in [0.2, 0.25) is 5.02 Å². The van der Waals surface area contributed by atoms with E-state index in [2.05, 4.69) is 15.3 Å². The number of pyridine rings is 1. The van der Waals surface area contributed by atoms with E-state index in [9.17, 15) is 0 Å². The number of fused-ring (bicyclic) bond motifs is 2. The Morgan fingerprint density at radius 1 is 1.24 bits per heavy atom. The number of aryl methyl sites for hydroxylation is 1. The van der Waals surface area contributed by atoms with Crippen molar-refractivity contribution in [2.45, 2.75) is 6.92 Å². The first kappa shape index (κ1) is 10.3. The minimum absolute atomic E-state index is 0.645. The highest BCUT2D eigenvalue weighted by Gasteiger charge is 2.14. The van der Waals surface area contributed by atoms with Crippen molar-refractivity contribution < 1.29 is 0 Å². The van der Waals surface area contributed by atoms with E-state index in [4.69, 9.17) is 11.6 Å². The highest BCUT2D eigenvalue weighted by molar-refractivity contribution is 6.34. The minimum Gasteiger partial charge on any atom is -0.338 e. The zero-order valence-corrected chi connectivity index (χ0v) is 9.99. The fourth-order valence-corrected chi connectivity index (χ4v) is 1.95. The molecule has 4 heteroatoms. The first-order valence-electron chi connectivity index (χ1n) is 5.31. The zero-order chi connectivity index (χ0) is 11.8. The van der Waals surface area contributed by atoms with Gasteiger partial charge in [0.1, 0.15) is 5.69 Å². The van der Waals surface area contributed by atoms with Crippen molar-refractivity contribution in [3.63, 3.8) is 0 Å². The van der Waals surface area contributed by atoms with Gasteiger partial charge in [0.2, 0.25) is 0 Å². The Balaban J connectivity index is 2.22. The van der Waals surface area contributed by atoms with Gasteiger partial charge in [-0.1, -0.05) is 29.8 Å². The zero-order valence-electron chi connectivity index (χ0n) is 9.24. The van der Waals surface area contributed by atoms with Gasteiger partial charge in [-0.25, -0.2) is 4.98 Å². The number of rotatable bonds is 0. The molecule has 1 aliphatic rings. The lowest BCUT2D eigenvalue weighted by Gasteiger charge is -2.09. The summed E-state index contributed by atoms with van der Waals surface area (Å²) in [6, 6.07) is 7.94. The summed E-state index contributed by atoms with van der Waals surface area (Å²) in [4.78, 5) is 8.74. The Kier molecular flexibility index (Phi) is 2.34. The second kappa shape index (κ2) is 3.86. The average Bonchev–Trinajstić information content (AvgIpc) is 2.53. The van der Waals surface area contributed by atoms with Crippen LogP contribution in [0.3, 0.4) is 0 Å². The Labute approximate surface area is 104 Å². The van der Waals surface area contributed by atoms with Crippen LogP contribution in [0.4, 0.5) is 17.2 Å². The predicted molar refractivity (Wildman–Crippen MR) is 71.0 cm³/mol. The van der Waals surface area contributed by atoms with Gasteiger partial charge in [-0.15, -0.1) is 0 Å². The molecule has 3 rings (SSSR count). The van der Waals surface area contributed by atoms with Gasteiger partial charge >= 0.3 is 0 Å². The molecule has 0 spiro atoms. The number of benzene rings is 1. The molecule has 0 bridgehead atoms. The largest absolute Gasteiger partial charge is 0.338 e. The van der Waals surface area contributed by atoms with Crippen molar-refractivity contribution in [1.82, 2.24) is 4.98 Å². The number of anilines is 2. The van der Waals surface area contributed by atoms with E-state index >= 15 is 0 Å². The van der Waals surface area contributed by atoms with E-state index in [0.29, 0.717) is 16.5 Å². The number of hydrogen-bond donors (Lipinski definition) is 1. The lowest BCUT2D eigenvalue weighted by Crippen LogP contribution is -1.95. The van der Waals surface area contributed by atoms with Crippen LogP contribution in [0.1, 0.15) is 11.1 Å². The minimum atomic E-state index is 0.645. The van der Waals surface area contributed by atoms with E-state index in [-0.39, 0.29) is 0 Å². The maximum absolute atomic E-state index is 6.23. The summed E-state index contributed by atoms with van der Waals surface area (Å²) in [6.45, 7) is 1.92. The number of hydrogen-bond acceptors (Lipinski definition) is 3. The molecule has 0 amide bonds. The predicted octanol–water partition coefficient (Wildman–Crippen LogP) is 3.85. The monoisotopic (exact) mass is 243 g/mol. The molecule has 1 aromatic heterocycles. The van der Waals surface area contributed by atoms with Crippen LogP contribution in [-0.2, 0) is 0 Å². The number of aliphatic imine (C=N–C) groups is 1. The topological polar surface area (TPSA) is 37.3 Å². The van der Waals surface area contributed by atoms with E-state index in [1.165, 1.54) is 0 Å². The van der Waals surface area contributed by atoms with Gasteiger partial charge in [0.05, 0.1) is 5.02 Å². The van der Waals surface area contributed by atoms with Gasteiger partial charge in [-0.3, -0.25) is 4.99 Å². The van der Waals surface area contributed by atoms with Gasteiger partial charge in [0.25, 0.3) is 0 Å². The van der Waals surface area contributed by atoms with Crippen LogP contribution >= 0.6 is 11.6 Å². The summed E-state index contributed by atoms with van der Waals surface area (Å²) in [5.74, 6) is 0.696. The standard InChI is InChI=1S/C13H10ClN3/c1-8-6-16-13-12(11(8)14)15-7-9-4-2-3-5-10(9)17-13/h2-7H,1H3,(H,16,17). The molecule has 2 aromatic rings. The summed E-state index contributed by atoms with van der Waals surface area (Å²) < 4.78 is 0. The summed E-state index contributed by atoms with van der Waals surface area (Å²) >= 11 is 6.23. The average molecular weight is 244 g/mol. The Morgan fingerprint density at radius 3 is 2.94 bits per heavy atom. The molecular formula is C13H10ClN3. The number of aromatic nitrogens is 1. The highest BCUT2D eigenvalue weighted by Crippen LogP contribution is 2.37. The molecule has 17 heavy (non-hydrogen) atoms. The molecule has 0 radical (unpaired) electrons. The smallest absolute Gasteiger partial charge is 0.157 e. The fraction of sp³-hybridized carbons (Fsp3) is 0.0769. The van der Waals surface area contributed by atoms with Gasteiger partial charge in [0, 0.05) is 23.7 Å². The van der Waals surface area contributed by atoms with E-state index < -0.39 is 0 Å². The van der Waals surface area contributed by atoms with Crippen molar-refractivity contribution in [1.29, 1.82) is 0 Å². The van der Waals surface area contributed by atoms with Crippen molar-refractivity contribution in [3.8, 4) is 0 Å². The van der Waals surface area contributed by atoms with E-state index in [0.717, 1.165) is 16.8 Å². The molecule has 0 atom stereocenters. The second-order valence-electron chi connectivity index (χ2n) is 3.92. The molecule has 0 aliphatic carbocycles. The van der Waals surface area contributed by atoms with Gasteiger partial charge in [-0.2, -0.15) is 0 Å². The lowest BCUT2D eigenvalue weighted by molar-refractivity contribution is 1.25. The van der Waals surface area contributed by atoms with Crippen molar-refractivity contribution >= 4 is 35.0 Å². The van der Waals surface area contributed by atoms with Crippen LogP contribution in [0.25, 0.3) is 0 Å². The second-order valence-corrected chi connectivity index (χ2v) is 4.30. The highest BCUT2D eigenvalue weighted by atomic mass is 35.5. The Hall–Kier alpha value is -1.87. The van der Waals surface area contributed by atoms with Crippen molar-refractivity contribution in [2.24, 2.45) is 4.99 Å². The molecule has 0 saturated heterocycles. The molecule has 1 aromatic carbocycles. The van der Waals surface area contributed by atoms with Crippen LogP contribution in [0.5, 0.6) is 0 Å². The molecule has 0 unspecified atom stereocenters. The maximum Gasteiger partial charge on any atom is 0.157 e. The summed E-state index contributed by atoms with van der Waals surface area (Å²) in [5.41, 5.74) is 3.64. The summed E-state index contributed by atoms with van der Waals surface area (Å²) in [7, 11) is 0. The number of para-hydroxylation sites is 1. The first-order chi connectivity index (χ1) is 8.25. The molecular weight excluding hydrogens is 234 g/mol.